The zero-order chi connectivity index (χ0) is 13.7. The van der Waals surface area contributed by atoms with E-state index in [4.69, 9.17) is 9.47 Å². The summed E-state index contributed by atoms with van der Waals surface area (Å²) in [6.45, 7) is 3.30. The average Bonchev–Trinajstić information content (AvgIpc) is 2.83. The highest BCUT2D eigenvalue weighted by molar-refractivity contribution is 5.54. The minimum Gasteiger partial charge on any atom is -0.493 e. The zero-order valence-electron chi connectivity index (χ0n) is 11.5. The first-order valence-electron chi connectivity index (χ1n) is 6.25. The van der Waals surface area contributed by atoms with E-state index in [2.05, 4.69) is 10.4 Å². The van der Waals surface area contributed by atoms with Crippen LogP contribution < -0.4 is 14.8 Å². The first kappa shape index (κ1) is 13.3. The molecule has 1 aromatic heterocycles. The standard InChI is InChI=1S/C14H19N3O2/c1-4-19-13-6-5-12(7-14(13)18-3)15-8-11-9-16-17(2)10-11/h5-7,9-10,15H,4,8H2,1-3H3. The second kappa shape index (κ2) is 6.13. The van der Waals surface area contributed by atoms with Crippen molar-refractivity contribution in [3.05, 3.63) is 36.2 Å². The molecule has 102 valence electrons. The molecule has 0 fully saturated rings. The molecule has 0 radical (unpaired) electrons. The third-order valence-corrected chi connectivity index (χ3v) is 2.72. The van der Waals surface area contributed by atoms with E-state index in [1.54, 1.807) is 11.8 Å². The quantitative estimate of drug-likeness (QED) is 0.867. The summed E-state index contributed by atoms with van der Waals surface area (Å²) < 4.78 is 12.6. The average molecular weight is 261 g/mol. The lowest BCUT2D eigenvalue weighted by Gasteiger charge is -2.11. The maximum Gasteiger partial charge on any atom is 0.162 e. The van der Waals surface area contributed by atoms with Crippen molar-refractivity contribution in [2.45, 2.75) is 13.5 Å². The lowest BCUT2D eigenvalue weighted by molar-refractivity contribution is 0.311. The highest BCUT2D eigenvalue weighted by Gasteiger charge is 2.05. The highest BCUT2D eigenvalue weighted by Crippen LogP contribution is 2.30. The maximum atomic E-state index is 5.48. The summed E-state index contributed by atoms with van der Waals surface area (Å²) in [5, 5.41) is 7.46. The van der Waals surface area contributed by atoms with Gasteiger partial charge in [0.25, 0.3) is 0 Å². The van der Waals surface area contributed by atoms with Crippen LogP contribution in [0.25, 0.3) is 0 Å². The molecule has 2 aromatic rings. The topological polar surface area (TPSA) is 48.3 Å². The molecule has 0 spiro atoms. The van der Waals surface area contributed by atoms with Gasteiger partial charge >= 0.3 is 0 Å². The minimum absolute atomic E-state index is 0.624. The number of ether oxygens (including phenoxy) is 2. The molecule has 5 nitrogen and oxygen atoms in total. The first-order chi connectivity index (χ1) is 9.22. The van der Waals surface area contributed by atoms with E-state index >= 15 is 0 Å². The van der Waals surface area contributed by atoms with Crippen LogP contribution in [0.2, 0.25) is 0 Å². The number of aryl methyl sites for hydroxylation is 1. The summed E-state index contributed by atoms with van der Waals surface area (Å²) in [6.07, 6.45) is 3.83. The van der Waals surface area contributed by atoms with E-state index in [1.807, 2.05) is 44.6 Å². The normalized spacial score (nSPS) is 10.3. The first-order valence-corrected chi connectivity index (χ1v) is 6.25. The SMILES string of the molecule is CCOc1ccc(NCc2cnn(C)c2)cc1OC. The maximum absolute atomic E-state index is 5.48. The molecular weight excluding hydrogens is 242 g/mol. The van der Waals surface area contributed by atoms with Crippen LogP contribution in [0, 0.1) is 0 Å². The van der Waals surface area contributed by atoms with Crippen LogP contribution in [0.15, 0.2) is 30.6 Å². The summed E-state index contributed by atoms with van der Waals surface area (Å²) >= 11 is 0. The van der Waals surface area contributed by atoms with Crippen LogP contribution in [-0.2, 0) is 13.6 Å². The molecule has 0 unspecified atom stereocenters. The fourth-order valence-electron chi connectivity index (χ4n) is 1.82. The predicted molar refractivity (Wildman–Crippen MR) is 74.7 cm³/mol. The van der Waals surface area contributed by atoms with E-state index in [0.717, 1.165) is 29.3 Å². The van der Waals surface area contributed by atoms with Crippen LogP contribution in [0.5, 0.6) is 11.5 Å². The molecule has 0 atom stereocenters. The van der Waals surface area contributed by atoms with Crippen LogP contribution in [0.1, 0.15) is 12.5 Å². The van der Waals surface area contributed by atoms with Crippen molar-refractivity contribution in [3.63, 3.8) is 0 Å². The van der Waals surface area contributed by atoms with Gasteiger partial charge in [-0.15, -0.1) is 0 Å². The number of hydrogen-bond donors (Lipinski definition) is 1. The number of aromatic nitrogens is 2. The Hall–Kier alpha value is -2.17. The molecule has 19 heavy (non-hydrogen) atoms. The summed E-state index contributed by atoms with van der Waals surface area (Å²) in [7, 11) is 3.55. The van der Waals surface area contributed by atoms with Crippen molar-refractivity contribution in [2.75, 3.05) is 19.0 Å². The number of methoxy groups -OCH3 is 1. The van der Waals surface area contributed by atoms with Crippen molar-refractivity contribution < 1.29 is 9.47 Å². The summed E-state index contributed by atoms with van der Waals surface area (Å²) in [5.74, 6) is 1.50. The van der Waals surface area contributed by atoms with Gasteiger partial charge in [-0.25, -0.2) is 0 Å². The van der Waals surface area contributed by atoms with Gasteiger partial charge < -0.3 is 14.8 Å². The Morgan fingerprint density at radius 2 is 2.16 bits per heavy atom. The Labute approximate surface area is 113 Å². The molecule has 1 N–H and O–H groups in total. The van der Waals surface area contributed by atoms with Crippen LogP contribution in [0.4, 0.5) is 5.69 Å². The van der Waals surface area contributed by atoms with Gasteiger partial charge in [0.15, 0.2) is 11.5 Å². The Morgan fingerprint density at radius 1 is 1.32 bits per heavy atom. The van der Waals surface area contributed by atoms with E-state index in [9.17, 15) is 0 Å². The Kier molecular flexibility index (Phi) is 4.28. The largest absolute Gasteiger partial charge is 0.493 e. The van der Waals surface area contributed by atoms with Crippen LogP contribution >= 0.6 is 0 Å². The molecule has 1 heterocycles. The molecule has 0 saturated heterocycles. The van der Waals surface area contributed by atoms with Crippen molar-refractivity contribution in [2.24, 2.45) is 7.05 Å². The molecule has 0 aliphatic carbocycles. The van der Waals surface area contributed by atoms with E-state index in [0.29, 0.717) is 6.61 Å². The van der Waals surface area contributed by atoms with Gasteiger partial charge in [-0.1, -0.05) is 0 Å². The minimum atomic E-state index is 0.624. The second-order valence-electron chi connectivity index (χ2n) is 4.17. The number of nitrogens with one attached hydrogen (secondary N) is 1. The lowest BCUT2D eigenvalue weighted by Crippen LogP contribution is -2.00. The van der Waals surface area contributed by atoms with E-state index in [1.165, 1.54) is 0 Å². The summed E-state index contributed by atoms with van der Waals surface area (Å²) in [5.41, 5.74) is 2.12. The molecular formula is C14H19N3O2. The fraction of sp³-hybridized carbons (Fsp3) is 0.357. The smallest absolute Gasteiger partial charge is 0.162 e. The molecule has 0 amide bonds. The number of hydrogen-bond acceptors (Lipinski definition) is 4. The Morgan fingerprint density at radius 3 is 2.79 bits per heavy atom. The van der Waals surface area contributed by atoms with Gasteiger partial charge in [-0.3, -0.25) is 4.68 Å². The summed E-state index contributed by atoms with van der Waals surface area (Å²) in [4.78, 5) is 0. The number of rotatable bonds is 6. The van der Waals surface area contributed by atoms with Crippen LogP contribution in [0.3, 0.4) is 0 Å². The molecule has 2 rings (SSSR count). The summed E-state index contributed by atoms with van der Waals surface area (Å²) in [6, 6.07) is 5.82. The van der Waals surface area contributed by atoms with Crippen molar-refractivity contribution >= 4 is 5.69 Å². The molecule has 0 bridgehead atoms. The third-order valence-electron chi connectivity index (χ3n) is 2.72. The van der Waals surface area contributed by atoms with Gasteiger partial charge in [0.1, 0.15) is 0 Å². The van der Waals surface area contributed by atoms with Gasteiger partial charge in [0.2, 0.25) is 0 Å². The monoisotopic (exact) mass is 261 g/mol. The number of benzene rings is 1. The second-order valence-corrected chi connectivity index (χ2v) is 4.17. The van der Waals surface area contributed by atoms with Gasteiger partial charge in [-0.05, 0) is 19.1 Å². The Bertz CT molecular complexity index is 537. The molecule has 0 saturated carbocycles. The fourth-order valence-corrected chi connectivity index (χ4v) is 1.82. The predicted octanol–water partition coefficient (Wildman–Crippen LogP) is 2.44. The van der Waals surface area contributed by atoms with Gasteiger partial charge in [0.05, 0.1) is 19.9 Å². The van der Waals surface area contributed by atoms with Crippen molar-refractivity contribution in [3.8, 4) is 11.5 Å². The Balaban J connectivity index is 2.04. The van der Waals surface area contributed by atoms with Crippen molar-refractivity contribution in [1.29, 1.82) is 0 Å². The third kappa shape index (κ3) is 3.40. The lowest BCUT2D eigenvalue weighted by atomic mass is 10.2. The molecule has 0 aliphatic heterocycles. The number of nitrogens with zero attached hydrogens (tertiary/aromatic N) is 2. The van der Waals surface area contributed by atoms with Gasteiger partial charge in [-0.2, -0.15) is 5.10 Å². The molecule has 5 heteroatoms. The molecule has 1 aromatic carbocycles. The van der Waals surface area contributed by atoms with E-state index < -0.39 is 0 Å². The van der Waals surface area contributed by atoms with E-state index in [-0.39, 0.29) is 0 Å². The van der Waals surface area contributed by atoms with Crippen molar-refractivity contribution in [1.82, 2.24) is 9.78 Å². The zero-order valence-corrected chi connectivity index (χ0v) is 11.5. The molecule has 0 aliphatic rings. The van der Waals surface area contributed by atoms with Gasteiger partial charge in [0, 0.05) is 37.1 Å². The number of anilines is 1. The highest BCUT2D eigenvalue weighted by atomic mass is 16.5. The van der Waals surface area contributed by atoms with Crippen LogP contribution in [-0.4, -0.2) is 23.5 Å².